The third kappa shape index (κ3) is 2.86. The van der Waals surface area contributed by atoms with E-state index in [9.17, 15) is 0 Å². The van der Waals surface area contributed by atoms with Gasteiger partial charge >= 0.3 is 0 Å². The molecule has 0 spiro atoms. The molecule has 23 heavy (non-hydrogen) atoms. The van der Waals surface area contributed by atoms with Crippen LogP contribution in [0.15, 0.2) is 47.3 Å². The Hall–Kier alpha value is -2.20. The Morgan fingerprint density at radius 1 is 1.35 bits per heavy atom. The van der Waals surface area contributed by atoms with Crippen molar-refractivity contribution in [1.82, 2.24) is 9.97 Å². The Kier molecular flexibility index (Phi) is 3.62. The maximum absolute atomic E-state index is 6.12. The molecule has 0 saturated heterocycles. The summed E-state index contributed by atoms with van der Waals surface area (Å²) in [7, 11) is 1.96. The van der Waals surface area contributed by atoms with Crippen molar-refractivity contribution in [1.29, 1.82) is 0 Å². The molecule has 0 amide bonds. The summed E-state index contributed by atoms with van der Waals surface area (Å²) in [4.78, 5) is 9.03. The van der Waals surface area contributed by atoms with Gasteiger partial charge in [0, 0.05) is 17.9 Å². The Morgan fingerprint density at radius 3 is 3.09 bits per heavy atom. The van der Waals surface area contributed by atoms with E-state index in [4.69, 9.17) is 16.0 Å². The number of aryl methyl sites for hydroxylation is 2. The minimum Gasteiger partial charge on any atom is -0.439 e. The van der Waals surface area contributed by atoms with Gasteiger partial charge in [-0.3, -0.25) is 0 Å². The molecule has 116 valence electrons. The van der Waals surface area contributed by atoms with Crippen LogP contribution in [-0.4, -0.2) is 9.97 Å². The van der Waals surface area contributed by atoms with E-state index in [1.807, 2.05) is 36.1 Å². The highest BCUT2D eigenvalue weighted by Crippen LogP contribution is 2.35. The fourth-order valence-corrected chi connectivity index (χ4v) is 3.33. The molecule has 0 aliphatic heterocycles. The number of rotatable bonds is 2. The molecular weight excluding hydrogens is 310 g/mol. The maximum atomic E-state index is 6.12. The molecule has 1 atom stereocenters. The van der Waals surface area contributed by atoms with E-state index in [1.165, 1.54) is 5.56 Å². The topological polar surface area (TPSA) is 42.8 Å². The lowest BCUT2D eigenvalue weighted by Gasteiger charge is -2.20. The van der Waals surface area contributed by atoms with Crippen LogP contribution in [0.3, 0.4) is 0 Å². The molecule has 0 N–H and O–H groups in total. The van der Waals surface area contributed by atoms with E-state index in [0.717, 1.165) is 41.4 Å². The van der Waals surface area contributed by atoms with Gasteiger partial charge in [-0.05, 0) is 30.0 Å². The van der Waals surface area contributed by atoms with Gasteiger partial charge in [0.1, 0.15) is 12.8 Å². The summed E-state index contributed by atoms with van der Waals surface area (Å²) < 4.78 is 7.89. The van der Waals surface area contributed by atoms with Gasteiger partial charge in [-0.25, -0.2) is 14.5 Å². The van der Waals surface area contributed by atoms with E-state index in [2.05, 4.69) is 22.1 Å². The molecule has 0 fully saturated rings. The van der Waals surface area contributed by atoms with Crippen LogP contribution in [0, 0.1) is 0 Å². The van der Waals surface area contributed by atoms with Gasteiger partial charge < -0.3 is 4.42 Å². The molecule has 5 heteroatoms. The molecule has 4 nitrogen and oxygen atoms in total. The first kappa shape index (κ1) is 14.4. The first-order valence-corrected chi connectivity index (χ1v) is 8.12. The molecule has 2 aromatic heterocycles. The van der Waals surface area contributed by atoms with Gasteiger partial charge in [0.2, 0.25) is 0 Å². The van der Waals surface area contributed by atoms with E-state index < -0.39 is 0 Å². The molecule has 1 aliphatic rings. The normalized spacial score (nSPS) is 17.0. The second-order valence-corrected chi connectivity index (χ2v) is 6.43. The minimum absolute atomic E-state index is 0.444. The van der Waals surface area contributed by atoms with Crippen molar-refractivity contribution in [3.63, 3.8) is 0 Å². The SMILES string of the molecule is C[n+]1ccnc(-c2nc3c(o2)CCC(c2cccc(Cl)c2)C3)c1. The molecule has 3 aromatic rings. The summed E-state index contributed by atoms with van der Waals surface area (Å²) >= 11 is 6.12. The zero-order chi connectivity index (χ0) is 15.8. The van der Waals surface area contributed by atoms with Crippen molar-refractivity contribution in [3.05, 3.63) is 64.9 Å². The summed E-state index contributed by atoms with van der Waals surface area (Å²) in [6.45, 7) is 0. The van der Waals surface area contributed by atoms with Crippen LogP contribution in [0.5, 0.6) is 0 Å². The van der Waals surface area contributed by atoms with E-state index in [1.54, 1.807) is 6.20 Å². The van der Waals surface area contributed by atoms with Crippen LogP contribution in [0.25, 0.3) is 11.6 Å². The molecule has 0 saturated carbocycles. The highest BCUT2D eigenvalue weighted by Gasteiger charge is 2.26. The first-order valence-electron chi connectivity index (χ1n) is 7.75. The Bertz CT molecular complexity index is 859. The van der Waals surface area contributed by atoms with Crippen molar-refractivity contribution in [2.24, 2.45) is 7.05 Å². The lowest BCUT2D eigenvalue weighted by Crippen LogP contribution is -2.26. The molecule has 1 aliphatic carbocycles. The Labute approximate surface area is 139 Å². The molecule has 0 radical (unpaired) electrons. The number of aromatic nitrogens is 3. The summed E-state index contributed by atoms with van der Waals surface area (Å²) in [6.07, 6.45) is 8.41. The van der Waals surface area contributed by atoms with Crippen LogP contribution in [0.2, 0.25) is 5.02 Å². The van der Waals surface area contributed by atoms with Gasteiger partial charge in [0.05, 0.1) is 11.9 Å². The summed E-state index contributed by atoms with van der Waals surface area (Å²) in [5.41, 5.74) is 3.09. The molecule has 4 rings (SSSR count). The van der Waals surface area contributed by atoms with E-state index in [-0.39, 0.29) is 0 Å². The second-order valence-electron chi connectivity index (χ2n) is 5.99. The lowest BCUT2D eigenvalue weighted by molar-refractivity contribution is -0.671. The number of oxazole rings is 1. The molecule has 0 bridgehead atoms. The predicted molar refractivity (Wildman–Crippen MR) is 87.1 cm³/mol. The van der Waals surface area contributed by atoms with Crippen molar-refractivity contribution in [2.45, 2.75) is 25.2 Å². The number of hydrogen-bond acceptors (Lipinski definition) is 3. The zero-order valence-electron chi connectivity index (χ0n) is 12.9. The van der Waals surface area contributed by atoms with Crippen LogP contribution in [0.4, 0.5) is 0 Å². The quantitative estimate of drug-likeness (QED) is 0.677. The minimum atomic E-state index is 0.444. The van der Waals surface area contributed by atoms with Crippen molar-refractivity contribution >= 4 is 11.6 Å². The highest BCUT2D eigenvalue weighted by molar-refractivity contribution is 6.30. The number of fused-ring (bicyclic) bond motifs is 1. The van der Waals surface area contributed by atoms with Gasteiger partial charge in [-0.2, -0.15) is 0 Å². The maximum Gasteiger partial charge on any atom is 0.251 e. The monoisotopic (exact) mass is 326 g/mol. The van der Waals surface area contributed by atoms with Gasteiger partial charge in [0.15, 0.2) is 18.1 Å². The second kappa shape index (κ2) is 5.78. The average Bonchev–Trinajstić information content (AvgIpc) is 2.98. The van der Waals surface area contributed by atoms with E-state index in [0.29, 0.717) is 11.8 Å². The largest absolute Gasteiger partial charge is 0.439 e. The average molecular weight is 327 g/mol. The van der Waals surface area contributed by atoms with E-state index >= 15 is 0 Å². The van der Waals surface area contributed by atoms with Crippen molar-refractivity contribution in [2.75, 3.05) is 0 Å². The zero-order valence-corrected chi connectivity index (χ0v) is 13.6. The fraction of sp³-hybridized carbons (Fsp3) is 0.278. The number of benzene rings is 1. The predicted octanol–water partition coefficient (Wildman–Crippen LogP) is 3.49. The van der Waals surface area contributed by atoms with Crippen LogP contribution in [-0.2, 0) is 19.9 Å². The summed E-state index contributed by atoms with van der Waals surface area (Å²) in [5, 5.41) is 0.787. The highest BCUT2D eigenvalue weighted by atomic mass is 35.5. The van der Waals surface area contributed by atoms with Crippen LogP contribution < -0.4 is 4.57 Å². The van der Waals surface area contributed by atoms with Gasteiger partial charge in [0.25, 0.3) is 5.89 Å². The number of nitrogens with zero attached hydrogens (tertiary/aromatic N) is 3. The standard InChI is InChI=1S/C18H17ClN3O/c1-22-8-7-20-16(11-22)18-21-15-10-13(5-6-17(15)23-18)12-3-2-4-14(19)9-12/h2-4,7-9,11,13H,5-6,10H2,1H3/q+1. The summed E-state index contributed by atoms with van der Waals surface area (Å²) in [6, 6.07) is 8.11. The Balaban J connectivity index is 1.63. The molecule has 1 unspecified atom stereocenters. The number of halogens is 1. The third-order valence-electron chi connectivity index (χ3n) is 4.32. The van der Waals surface area contributed by atoms with Gasteiger partial charge in [-0.1, -0.05) is 23.7 Å². The first-order chi connectivity index (χ1) is 11.2. The fourth-order valence-electron chi connectivity index (χ4n) is 3.13. The van der Waals surface area contributed by atoms with Crippen molar-refractivity contribution in [3.8, 4) is 11.6 Å². The lowest BCUT2D eigenvalue weighted by atomic mass is 9.85. The molecule has 1 aromatic carbocycles. The smallest absolute Gasteiger partial charge is 0.251 e. The van der Waals surface area contributed by atoms with Crippen LogP contribution >= 0.6 is 11.6 Å². The van der Waals surface area contributed by atoms with Gasteiger partial charge in [-0.15, -0.1) is 0 Å². The van der Waals surface area contributed by atoms with Crippen LogP contribution in [0.1, 0.15) is 29.4 Å². The van der Waals surface area contributed by atoms with Crippen molar-refractivity contribution < 1.29 is 8.98 Å². The molecule has 2 heterocycles. The number of hydrogen-bond donors (Lipinski definition) is 0. The third-order valence-corrected chi connectivity index (χ3v) is 4.55. The Morgan fingerprint density at radius 2 is 2.26 bits per heavy atom. The summed E-state index contributed by atoms with van der Waals surface area (Å²) in [5.74, 6) is 2.04. The molecular formula is C18H17ClN3O+.